The van der Waals surface area contributed by atoms with Crippen molar-refractivity contribution in [3.8, 4) is 40.2 Å². The molecule has 0 aromatic heterocycles. The molecule has 24 nitrogen and oxygen atoms in total. The zero-order valence-electron chi connectivity index (χ0n) is 70.2. The molecule has 11 unspecified atom stereocenters. The first-order chi connectivity index (χ1) is 55.2. The van der Waals surface area contributed by atoms with E-state index in [0.717, 1.165) is 0 Å². The van der Waals surface area contributed by atoms with Crippen LogP contribution in [0.3, 0.4) is 0 Å². The van der Waals surface area contributed by atoms with Crippen molar-refractivity contribution in [2.75, 3.05) is 26.7 Å². The van der Waals surface area contributed by atoms with E-state index in [1.165, 1.54) is 137 Å². The number of rotatable bonds is 44. The number of hydrogen-bond donors (Lipinski definition) is 4. The van der Waals surface area contributed by atoms with Gasteiger partial charge in [0.15, 0.2) is 0 Å². The lowest BCUT2D eigenvalue weighted by Gasteiger charge is -2.47. The summed E-state index contributed by atoms with van der Waals surface area (Å²) in [7, 11) is 1.70. The molecule has 24 heteroatoms. The zero-order valence-corrected chi connectivity index (χ0v) is 70.2. The first kappa shape index (κ1) is 93.8. The highest BCUT2D eigenvalue weighted by atomic mass is 16.6. The van der Waals surface area contributed by atoms with Gasteiger partial charge in [-0.3, -0.25) is 52.7 Å². The molecule has 0 aliphatic heterocycles. The molecule has 632 valence electrons. The van der Waals surface area contributed by atoms with E-state index < -0.39 is 196 Å². The Morgan fingerprint density at radius 2 is 0.466 bits per heavy atom. The van der Waals surface area contributed by atoms with Crippen LogP contribution in [0, 0.1) is 59.6 Å². The number of esters is 8. The Labute approximate surface area is 690 Å². The molecule has 0 aliphatic carbocycles. The molecular weight excluding hydrogens is 1510 g/mol. The number of carbonyl (C=O) groups is 11. The number of carboxylic acid groups (broad SMARTS) is 3. The van der Waals surface area contributed by atoms with E-state index in [4.69, 9.17) is 37.9 Å². The third-order valence-corrected chi connectivity index (χ3v) is 22.3. The number of aliphatic hydroxyl groups is 1. The van der Waals surface area contributed by atoms with Crippen molar-refractivity contribution in [1.82, 2.24) is 4.90 Å². The molecule has 0 fully saturated rings. The maximum atomic E-state index is 16.5. The van der Waals surface area contributed by atoms with Crippen molar-refractivity contribution >= 4 is 65.7 Å². The number of carboxylic acids is 3. The van der Waals surface area contributed by atoms with E-state index in [-0.39, 0.29) is 59.6 Å². The van der Waals surface area contributed by atoms with E-state index in [2.05, 4.69) is 0 Å². The number of nitrogens with zero attached hydrogens (tertiary/aromatic N) is 1. The molecule has 0 bridgehead atoms. The summed E-state index contributed by atoms with van der Waals surface area (Å²) in [5, 5.41) is 44.4. The summed E-state index contributed by atoms with van der Waals surface area (Å²) >= 11 is 0. The first-order valence-corrected chi connectivity index (χ1v) is 39.4. The number of hydrogen-bond acceptors (Lipinski definition) is 21. The van der Waals surface area contributed by atoms with Crippen LogP contribution >= 0.6 is 0 Å². The van der Waals surface area contributed by atoms with Gasteiger partial charge < -0.3 is 63.2 Å². The topological polar surface area (TPSA) is 346 Å². The molecule has 4 N–H and O–H groups in total. The molecule has 118 heavy (non-hydrogen) atoms. The Kier molecular flexibility index (Phi) is 31.2. The van der Waals surface area contributed by atoms with Crippen LogP contribution in [0.4, 0.5) is 0 Å². The Morgan fingerprint density at radius 1 is 0.280 bits per heavy atom. The van der Waals surface area contributed by atoms with Gasteiger partial charge in [-0.2, -0.15) is 0 Å². The molecule has 7 rings (SSSR count). The minimum Gasteiger partial charge on any atom is -0.481 e. The van der Waals surface area contributed by atoms with Crippen molar-refractivity contribution in [2.45, 2.75) is 174 Å². The summed E-state index contributed by atoms with van der Waals surface area (Å²) < 4.78 is 50.1. The smallest absolute Gasteiger partial charge is 0.317 e. The summed E-state index contributed by atoms with van der Waals surface area (Å²) in [5.74, 6) is -12.7. The Bertz CT molecular complexity index is 4610. The molecule has 0 saturated heterocycles. The fourth-order valence-electron chi connectivity index (χ4n) is 16.9. The molecule has 7 aromatic rings. The zero-order chi connectivity index (χ0) is 87.4. The minimum absolute atomic E-state index is 0.00295. The van der Waals surface area contributed by atoms with Gasteiger partial charge in [0.2, 0.25) is 0 Å². The van der Waals surface area contributed by atoms with E-state index in [1.54, 1.807) is 177 Å². The highest BCUT2D eigenvalue weighted by Crippen LogP contribution is 2.58. The van der Waals surface area contributed by atoms with Crippen molar-refractivity contribution < 1.29 is 111 Å². The molecule has 0 amide bonds. The van der Waals surface area contributed by atoms with Gasteiger partial charge in [0.1, 0.15) is 53.0 Å². The maximum Gasteiger partial charge on any atom is 0.317 e. The molecule has 7 aromatic carbocycles. The van der Waals surface area contributed by atoms with Crippen molar-refractivity contribution in [3.63, 3.8) is 0 Å². The van der Waals surface area contributed by atoms with Gasteiger partial charge in [0.25, 0.3) is 0 Å². The summed E-state index contributed by atoms with van der Waals surface area (Å²) in [5.41, 5.74) is -23.5. The highest BCUT2D eigenvalue weighted by Gasteiger charge is 2.62. The average molecular weight is 1620 g/mol. The normalized spacial score (nSPS) is 17.0. The molecular formula is C94H113NO23. The van der Waals surface area contributed by atoms with Crippen LogP contribution in [0.5, 0.6) is 40.2 Å². The summed E-state index contributed by atoms with van der Waals surface area (Å²) in [6, 6.07) is 55.4. The number of benzene rings is 7. The van der Waals surface area contributed by atoms with Crippen molar-refractivity contribution in [2.24, 2.45) is 59.6 Å². The number of likely N-dealkylation sites (N-methyl/N-ethyl adjacent to an activating group) is 1. The quantitative estimate of drug-likeness (QED) is 0.0204. The van der Waals surface area contributed by atoms with Crippen LogP contribution in [0.1, 0.15) is 168 Å². The number of carbonyl (C=O) groups excluding carboxylic acids is 8. The first-order valence-electron chi connectivity index (χ1n) is 39.4. The molecule has 0 radical (unpaired) electrons. The van der Waals surface area contributed by atoms with Crippen molar-refractivity contribution in [3.05, 3.63) is 212 Å². The van der Waals surface area contributed by atoms with E-state index >= 15 is 33.6 Å². The maximum absolute atomic E-state index is 16.5. The molecule has 11 atom stereocenters. The lowest BCUT2D eigenvalue weighted by Crippen LogP contribution is -2.53. The fraction of sp³-hybridized carbons (Fsp3) is 0.436. The molecule has 0 saturated carbocycles. The van der Waals surface area contributed by atoms with Crippen LogP contribution < -0.4 is 33.2 Å². The van der Waals surface area contributed by atoms with Gasteiger partial charge in [-0.25, -0.2) is 0 Å². The predicted octanol–water partition coefficient (Wildman–Crippen LogP) is 16.7. The predicted molar refractivity (Wildman–Crippen MR) is 439 cm³/mol. The molecule has 0 spiro atoms. The third-order valence-electron chi connectivity index (χ3n) is 22.3. The summed E-state index contributed by atoms with van der Waals surface area (Å²) in [6.07, 6.45) is -8.51. The minimum atomic E-state index is -2.35. The monoisotopic (exact) mass is 1620 g/mol. The van der Waals surface area contributed by atoms with Crippen LogP contribution in [0.25, 0.3) is 0 Å². The van der Waals surface area contributed by atoms with Crippen LogP contribution in [-0.4, -0.2) is 124 Å². The Morgan fingerprint density at radius 3 is 0.669 bits per heavy atom. The van der Waals surface area contributed by atoms with E-state index in [0.29, 0.717) is 6.54 Å². The highest BCUT2D eigenvalue weighted by molar-refractivity contribution is 5.90. The largest absolute Gasteiger partial charge is 0.481 e. The van der Waals surface area contributed by atoms with Gasteiger partial charge in [-0.1, -0.05) is 141 Å². The second-order valence-electron chi connectivity index (χ2n) is 35.1. The van der Waals surface area contributed by atoms with E-state index in [9.17, 15) is 39.6 Å². The van der Waals surface area contributed by atoms with Crippen LogP contribution in [0.2, 0.25) is 0 Å². The summed E-state index contributed by atoms with van der Waals surface area (Å²) in [6.45, 7) is 19.7. The van der Waals surface area contributed by atoms with Gasteiger partial charge in [0.05, 0.1) is 59.6 Å². The van der Waals surface area contributed by atoms with Gasteiger partial charge in [0, 0.05) is 6.54 Å². The second kappa shape index (κ2) is 39.3. The number of aliphatic carboxylic acids is 3. The van der Waals surface area contributed by atoms with Crippen molar-refractivity contribution in [1.29, 1.82) is 0 Å². The van der Waals surface area contributed by atoms with Gasteiger partial charge in [-0.15, -0.1) is 0 Å². The molecule has 0 aliphatic rings. The number of aliphatic hydroxyl groups excluding tert-OH is 1. The summed E-state index contributed by atoms with van der Waals surface area (Å²) in [4.78, 5) is 171. The number of ether oxygens (including phenoxy) is 8. The SMILES string of the molecule is CCN(C)CC(O)COC(=O)C(C)(CC(C)(CC(C)(CC(C)(C)C(=O)O)C(=O)O)C(=O)O)CC(C)(CC(C)(CC(C)(CC(C)(CC(C)(CC(C)(CC(C)(CC)C(=O)Oc1ccccc1)C(=O)Oc1ccccc1)C(=O)Oc1ccccc1)C(=O)Oc1ccccc1)C(=O)Oc1ccccc1)C(=O)Oc1ccccc1)C(=O)Oc1ccccc1. The lowest BCUT2D eigenvalue weighted by atomic mass is 9.56. The van der Waals surface area contributed by atoms with Crippen LogP contribution in [0.15, 0.2) is 212 Å². The average Bonchev–Trinajstić information content (AvgIpc) is 0.727. The van der Waals surface area contributed by atoms with Crippen LogP contribution in [-0.2, 0) is 57.5 Å². The number of para-hydroxylation sites is 7. The fourth-order valence-corrected chi connectivity index (χ4v) is 16.9. The van der Waals surface area contributed by atoms with E-state index in [1.807, 2.05) is 6.92 Å². The second-order valence-corrected chi connectivity index (χ2v) is 35.1. The Balaban J connectivity index is 1.54. The standard InChI is InChI=1S/C94H113NO23/c1-16-85(5,77(104)112-66-39-25-18-26-40-66)56-89(9,78(105)113-67-41-27-19-28-42-67)60-91(11,80(107)115-69-45-31-21-32-46-69)62-93(13,82(109)117-71-49-35-23-36-50-71)64-94(14,83(110)118-72-51-37-24-38-52-72)63-92(12,81(108)116-70-47-33-22-34-48-70)61-90(10,79(106)114-68-43-29-20-30-44-68)59-88(8,76(103)111-54-65(96)53-95(15)17-2)58-87(7,75(101)102)57-86(6,74(99)100)55-84(3,4)73(97)98/h18-52,65,96H,16-17,53-64H2,1-15H3,(H,97,98)(H,99,100)(H,101,102). The lowest BCUT2D eigenvalue weighted by molar-refractivity contribution is -0.172. The van der Waals surface area contributed by atoms with Gasteiger partial charge >= 0.3 is 65.7 Å². The Hall–Kier alpha value is -11.4. The molecule has 0 heterocycles. The third kappa shape index (κ3) is 24.9. The van der Waals surface area contributed by atoms with Gasteiger partial charge in [-0.05, 0) is 252 Å².